The standard InChI is InChI=1S/C11H25NOS/c1-4-11(2)10-14-9-5-6-12-7-8-13-3/h11-12H,4-10H2,1-3H3. The third-order valence-electron chi connectivity index (χ3n) is 2.22. The Morgan fingerprint density at radius 3 is 2.79 bits per heavy atom. The predicted molar refractivity (Wildman–Crippen MR) is 66.1 cm³/mol. The normalized spacial score (nSPS) is 13.1. The van der Waals surface area contributed by atoms with Crippen molar-refractivity contribution in [2.75, 3.05) is 38.3 Å². The highest BCUT2D eigenvalue weighted by Gasteiger charge is 1.97. The van der Waals surface area contributed by atoms with E-state index >= 15 is 0 Å². The van der Waals surface area contributed by atoms with Gasteiger partial charge < -0.3 is 10.1 Å². The molecule has 3 heteroatoms. The molecule has 0 aliphatic carbocycles. The van der Waals surface area contributed by atoms with E-state index in [0.717, 1.165) is 25.6 Å². The molecule has 1 unspecified atom stereocenters. The van der Waals surface area contributed by atoms with Crippen LogP contribution in [-0.4, -0.2) is 38.3 Å². The Hall–Kier alpha value is 0.270. The van der Waals surface area contributed by atoms with Gasteiger partial charge in [-0.2, -0.15) is 11.8 Å². The summed E-state index contributed by atoms with van der Waals surface area (Å²) in [6, 6.07) is 0. The van der Waals surface area contributed by atoms with Crippen LogP contribution >= 0.6 is 11.8 Å². The molecule has 0 rings (SSSR count). The van der Waals surface area contributed by atoms with Crippen molar-refractivity contribution < 1.29 is 4.74 Å². The molecule has 0 aromatic rings. The van der Waals surface area contributed by atoms with Gasteiger partial charge in [-0.05, 0) is 30.4 Å². The van der Waals surface area contributed by atoms with Gasteiger partial charge in [-0.25, -0.2) is 0 Å². The maximum absolute atomic E-state index is 4.95. The van der Waals surface area contributed by atoms with Crippen molar-refractivity contribution in [3.63, 3.8) is 0 Å². The fraction of sp³-hybridized carbons (Fsp3) is 1.00. The van der Waals surface area contributed by atoms with E-state index in [2.05, 4.69) is 30.9 Å². The van der Waals surface area contributed by atoms with E-state index in [1.165, 1.54) is 24.3 Å². The van der Waals surface area contributed by atoms with E-state index in [1.807, 2.05) is 0 Å². The van der Waals surface area contributed by atoms with Crippen molar-refractivity contribution in [3.8, 4) is 0 Å². The quantitative estimate of drug-likeness (QED) is 0.570. The van der Waals surface area contributed by atoms with Crippen molar-refractivity contribution >= 4 is 11.8 Å². The molecule has 0 aliphatic rings. The summed E-state index contributed by atoms with van der Waals surface area (Å²) in [5, 5.41) is 3.35. The molecule has 0 radical (unpaired) electrons. The van der Waals surface area contributed by atoms with Gasteiger partial charge in [-0.15, -0.1) is 0 Å². The molecule has 1 atom stereocenters. The molecule has 0 aliphatic heterocycles. The van der Waals surface area contributed by atoms with Crippen molar-refractivity contribution in [2.45, 2.75) is 26.7 Å². The third-order valence-corrected chi connectivity index (χ3v) is 3.61. The lowest BCUT2D eigenvalue weighted by Gasteiger charge is -2.07. The van der Waals surface area contributed by atoms with Crippen LogP contribution in [0.25, 0.3) is 0 Å². The monoisotopic (exact) mass is 219 g/mol. The first-order valence-electron chi connectivity index (χ1n) is 5.58. The summed E-state index contributed by atoms with van der Waals surface area (Å²) < 4.78 is 4.95. The number of nitrogens with one attached hydrogen (secondary N) is 1. The van der Waals surface area contributed by atoms with Crippen LogP contribution in [0.15, 0.2) is 0 Å². The molecule has 2 nitrogen and oxygen atoms in total. The smallest absolute Gasteiger partial charge is 0.0587 e. The Bertz CT molecular complexity index is 111. The van der Waals surface area contributed by atoms with Gasteiger partial charge in [0.2, 0.25) is 0 Å². The minimum atomic E-state index is 0.819. The summed E-state index contributed by atoms with van der Waals surface area (Å²) >= 11 is 2.08. The number of ether oxygens (including phenoxy) is 1. The number of hydrogen-bond donors (Lipinski definition) is 1. The Morgan fingerprint density at radius 1 is 1.36 bits per heavy atom. The lowest BCUT2D eigenvalue weighted by atomic mass is 10.2. The van der Waals surface area contributed by atoms with Crippen molar-refractivity contribution in [3.05, 3.63) is 0 Å². The van der Waals surface area contributed by atoms with Crippen molar-refractivity contribution in [2.24, 2.45) is 5.92 Å². The fourth-order valence-corrected chi connectivity index (χ4v) is 2.15. The largest absolute Gasteiger partial charge is 0.383 e. The van der Waals surface area contributed by atoms with Crippen LogP contribution in [0.4, 0.5) is 0 Å². The first kappa shape index (κ1) is 14.3. The van der Waals surface area contributed by atoms with Gasteiger partial charge in [0, 0.05) is 13.7 Å². The molecular weight excluding hydrogens is 194 g/mol. The molecule has 0 spiro atoms. The highest BCUT2D eigenvalue weighted by Crippen LogP contribution is 2.11. The molecular formula is C11H25NOS. The zero-order valence-electron chi connectivity index (χ0n) is 9.84. The van der Waals surface area contributed by atoms with E-state index in [9.17, 15) is 0 Å². The van der Waals surface area contributed by atoms with E-state index in [4.69, 9.17) is 4.74 Å². The highest BCUT2D eigenvalue weighted by molar-refractivity contribution is 7.99. The van der Waals surface area contributed by atoms with Gasteiger partial charge in [0.15, 0.2) is 0 Å². The van der Waals surface area contributed by atoms with E-state index in [-0.39, 0.29) is 0 Å². The van der Waals surface area contributed by atoms with E-state index < -0.39 is 0 Å². The first-order valence-corrected chi connectivity index (χ1v) is 6.74. The zero-order chi connectivity index (χ0) is 10.6. The Balaban J connectivity index is 2.92. The Labute approximate surface area is 93.2 Å². The molecule has 0 heterocycles. The average molecular weight is 219 g/mol. The average Bonchev–Trinajstić information content (AvgIpc) is 2.21. The molecule has 0 amide bonds. The summed E-state index contributed by atoms with van der Waals surface area (Å²) in [4.78, 5) is 0. The van der Waals surface area contributed by atoms with Gasteiger partial charge in [0.25, 0.3) is 0 Å². The van der Waals surface area contributed by atoms with Gasteiger partial charge in [-0.1, -0.05) is 20.3 Å². The number of thioether (sulfide) groups is 1. The van der Waals surface area contributed by atoms with Crippen LogP contribution in [0.2, 0.25) is 0 Å². The van der Waals surface area contributed by atoms with Crippen LogP contribution in [0, 0.1) is 5.92 Å². The summed E-state index contributed by atoms with van der Waals surface area (Å²) in [5.74, 6) is 3.47. The maximum Gasteiger partial charge on any atom is 0.0587 e. The van der Waals surface area contributed by atoms with Gasteiger partial charge in [0.05, 0.1) is 6.61 Å². The molecule has 0 bridgehead atoms. The van der Waals surface area contributed by atoms with E-state index in [0.29, 0.717) is 0 Å². The van der Waals surface area contributed by atoms with Crippen LogP contribution in [-0.2, 0) is 4.74 Å². The van der Waals surface area contributed by atoms with Crippen LogP contribution in [0.3, 0.4) is 0 Å². The van der Waals surface area contributed by atoms with Gasteiger partial charge in [-0.3, -0.25) is 0 Å². The lowest BCUT2D eigenvalue weighted by Crippen LogP contribution is -2.20. The summed E-state index contributed by atoms with van der Waals surface area (Å²) in [7, 11) is 1.74. The molecule has 86 valence electrons. The lowest BCUT2D eigenvalue weighted by molar-refractivity contribution is 0.199. The van der Waals surface area contributed by atoms with E-state index in [1.54, 1.807) is 7.11 Å². The summed E-state index contributed by atoms with van der Waals surface area (Å²) in [5.41, 5.74) is 0. The summed E-state index contributed by atoms with van der Waals surface area (Å²) in [6.45, 7) is 7.50. The molecule has 0 saturated carbocycles. The third kappa shape index (κ3) is 10.4. The van der Waals surface area contributed by atoms with Crippen molar-refractivity contribution in [1.29, 1.82) is 0 Å². The summed E-state index contributed by atoms with van der Waals surface area (Å²) in [6.07, 6.45) is 2.57. The second-order valence-electron chi connectivity index (χ2n) is 3.68. The SMILES string of the molecule is CCC(C)CSCCCNCCOC. The molecule has 0 saturated heterocycles. The van der Waals surface area contributed by atoms with Gasteiger partial charge in [0.1, 0.15) is 0 Å². The van der Waals surface area contributed by atoms with Crippen LogP contribution < -0.4 is 5.32 Å². The van der Waals surface area contributed by atoms with Gasteiger partial charge >= 0.3 is 0 Å². The molecule has 14 heavy (non-hydrogen) atoms. The second kappa shape index (κ2) is 11.3. The van der Waals surface area contributed by atoms with Crippen LogP contribution in [0.1, 0.15) is 26.7 Å². The topological polar surface area (TPSA) is 21.3 Å². The predicted octanol–water partition coefficient (Wildman–Crippen LogP) is 2.39. The molecule has 0 aromatic carbocycles. The molecule has 1 N–H and O–H groups in total. The number of hydrogen-bond acceptors (Lipinski definition) is 3. The maximum atomic E-state index is 4.95. The van der Waals surface area contributed by atoms with Crippen LogP contribution in [0.5, 0.6) is 0 Å². The minimum Gasteiger partial charge on any atom is -0.383 e. The fourth-order valence-electron chi connectivity index (χ4n) is 1.00. The minimum absolute atomic E-state index is 0.819. The first-order chi connectivity index (χ1) is 6.81. The Morgan fingerprint density at radius 2 is 2.14 bits per heavy atom. The molecule has 0 fully saturated rings. The Kier molecular flexibility index (Phi) is 11.6. The van der Waals surface area contributed by atoms with Crippen molar-refractivity contribution in [1.82, 2.24) is 5.32 Å². The zero-order valence-corrected chi connectivity index (χ0v) is 10.7. The molecule has 0 aromatic heterocycles. The highest BCUT2D eigenvalue weighted by atomic mass is 32.2. The second-order valence-corrected chi connectivity index (χ2v) is 4.83. The number of rotatable bonds is 10. The number of methoxy groups -OCH3 is 1.